The molecule has 1 aliphatic heterocycles. The molecule has 0 saturated carbocycles. The summed E-state index contributed by atoms with van der Waals surface area (Å²) in [6, 6.07) is 19.3. The molecule has 0 radical (unpaired) electrons. The van der Waals surface area contributed by atoms with E-state index in [1.54, 1.807) is 6.08 Å². The Morgan fingerprint density at radius 2 is 1.63 bits per heavy atom. The molecule has 142 valence electrons. The van der Waals surface area contributed by atoms with E-state index in [2.05, 4.69) is 11.5 Å². The van der Waals surface area contributed by atoms with Crippen LogP contribution < -0.4 is 0 Å². The first-order valence-corrected chi connectivity index (χ1v) is 9.89. The van der Waals surface area contributed by atoms with E-state index in [0.717, 1.165) is 25.2 Å². The van der Waals surface area contributed by atoms with Crippen LogP contribution in [0.15, 0.2) is 73.3 Å². The molecule has 0 bridgehead atoms. The van der Waals surface area contributed by atoms with Gasteiger partial charge in [-0.3, -0.25) is 4.79 Å². The molecule has 0 aromatic heterocycles. The molecule has 1 aliphatic rings. The van der Waals surface area contributed by atoms with Crippen LogP contribution in [0.1, 0.15) is 41.6 Å². The van der Waals surface area contributed by atoms with Gasteiger partial charge in [0, 0.05) is 18.5 Å². The summed E-state index contributed by atoms with van der Waals surface area (Å²) in [7, 11) is 0. The van der Waals surface area contributed by atoms with E-state index in [1.807, 2.05) is 60.7 Å². The Morgan fingerprint density at radius 3 is 2.26 bits per heavy atom. The van der Waals surface area contributed by atoms with Crippen molar-refractivity contribution in [2.24, 2.45) is 0 Å². The van der Waals surface area contributed by atoms with Gasteiger partial charge < -0.3 is 9.64 Å². The Labute approximate surface area is 162 Å². The van der Waals surface area contributed by atoms with Crippen LogP contribution in [0.2, 0.25) is 0 Å². The second-order valence-electron chi connectivity index (χ2n) is 7.13. The minimum atomic E-state index is -1.03. The van der Waals surface area contributed by atoms with Crippen molar-refractivity contribution in [2.45, 2.75) is 31.3 Å². The maximum Gasteiger partial charge on any atom is 0.199 e. The van der Waals surface area contributed by atoms with E-state index >= 15 is 0 Å². The van der Waals surface area contributed by atoms with E-state index in [9.17, 15) is 4.79 Å². The summed E-state index contributed by atoms with van der Waals surface area (Å²) < 4.78 is 6.41. The predicted octanol–water partition coefficient (Wildman–Crippen LogP) is 4.84. The number of nitrogens with zero attached hydrogens (tertiary/aromatic N) is 1. The summed E-state index contributed by atoms with van der Waals surface area (Å²) >= 11 is 0. The zero-order valence-corrected chi connectivity index (χ0v) is 16.0. The number of rotatable bonds is 9. The van der Waals surface area contributed by atoms with Gasteiger partial charge in [0.05, 0.1) is 6.61 Å². The van der Waals surface area contributed by atoms with Crippen LogP contribution in [0, 0.1) is 0 Å². The van der Waals surface area contributed by atoms with Gasteiger partial charge in [0.1, 0.15) is 0 Å². The van der Waals surface area contributed by atoms with Crippen molar-refractivity contribution >= 4 is 5.78 Å². The van der Waals surface area contributed by atoms with Gasteiger partial charge in [-0.2, -0.15) is 0 Å². The summed E-state index contributed by atoms with van der Waals surface area (Å²) in [6.45, 7) is 7.53. The number of ketones is 1. The van der Waals surface area contributed by atoms with Crippen molar-refractivity contribution in [3.8, 4) is 0 Å². The predicted molar refractivity (Wildman–Crippen MR) is 110 cm³/mol. The van der Waals surface area contributed by atoms with Crippen LogP contribution in [0.5, 0.6) is 0 Å². The van der Waals surface area contributed by atoms with Gasteiger partial charge in [-0.25, -0.2) is 0 Å². The van der Waals surface area contributed by atoms with Crippen LogP contribution in [0.25, 0.3) is 0 Å². The molecule has 0 aliphatic carbocycles. The topological polar surface area (TPSA) is 29.5 Å². The van der Waals surface area contributed by atoms with E-state index in [1.165, 1.54) is 19.3 Å². The molecule has 0 spiro atoms. The van der Waals surface area contributed by atoms with Gasteiger partial charge in [0.25, 0.3) is 0 Å². The van der Waals surface area contributed by atoms with Crippen LogP contribution in [0.3, 0.4) is 0 Å². The van der Waals surface area contributed by atoms with Gasteiger partial charge in [0.2, 0.25) is 0 Å². The molecule has 3 nitrogen and oxygen atoms in total. The fraction of sp³-hybridized carbons (Fsp3) is 0.375. The van der Waals surface area contributed by atoms with Gasteiger partial charge in [-0.05, 0) is 31.5 Å². The Kier molecular flexibility index (Phi) is 6.97. The summed E-state index contributed by atoms with van der Waals surface area (Å²) in [5.41, 5.74) is 0.527. The number of Topliss-reactive ketones (excluding diaryl/α,β-unsaturated/α-hetero) is 1. The van der Waals surface area contributed by atoms with Crippen molar-refractivity contribution in [3.05, 3.63) is 84.4 Å². The maximum atomic E-state index is 13.6. The molecule has 0 amide bonds. The van der Waals surface area contributed by atoms with Crippen LogP contribution in [0.4, 0.5) is 0 Å². The molecule has 3 rings (SSSR count). The van der Waals surface area contributed by atoms with Gasteiger partial charge in [-0.1, -0.05) is 73.2 Å². The quantitative estimate of drug-likeness (QED) is 0.471. The highest BCUT2D eigenvalue weighted by molar-refractivity contribution is 6.03. The summed E-state index contributed by atoms with van der Waals surface area (Å²) in [5, 5.41) is 0. The monoisotopic (exact) mass is 363 g/mol. The van der Waals surface area contributed by atoms with E-state index < -0.39 is 5.60 Å². The second kappa shape index (κ2) is 9.63. The van der Waals surface area contributed by atoms with Gasteiger partial charge in [0.15, 0.2) is 11.4 Å². The third kappa shape index (κ3) is 4.74. The molecule has 1 fully saturated rings. The number of carbonyl (C=O) groups is 1. The molecule has 2 aromatic carbocycles. The third-order valence-corrected chi connectivity index (χ3v) is 5.28. The molecule has 27 heavy (non-hydrogen) atoms. The molecule has 1 unspecified atom stereocenters. The Hall–Kier alpha value is -2.23. The number of carbonyl (C=O) groups excluding carboxylic acids is 1. The summed E-state index contributed by atoms with van der Waals surface area (Å²) in [4.78, 5) is 16.0. The minimum absolute atomic E-state index is 0.00663. The lowest BCUT2D eigenvalue weighted by atomic mass is 9.83. The molecular weight excluding hydrogens is 334 g/mol. The lowest BCUT2D eigenvalue weighted by Crippen LogP contribution is -2.41. The van der Waals surface area contributed by atoms with Gasteiger partial charge >= 0.3 is 0 Å². The molecule has 1 heterocycles. The molecule has 3 heteroatoms. The first-order chi connectivity index (χ1) is 13.3. The number of hydrogen-bond donors (Lipinski definition) is 0. The number of piperidine rings is 1. The molecule has 1 saturated heterocycles. The number of hydrogen-bond acceptors (Lipinski definition) is 3. The first kappa shape index (κ1) is 19.5. The number of ether oxygens (including phenoxy) is 1. The van der Waals surface area contributed by atoms with Crippen molar-refractivity contribution in [2.75, 3.05) is 26.2 Å². The normalized spacial score (nSPS) is 17.2. The van der Waals surface area contributed by atoms with E-state index in [4.69, 9.17) is 4.74 Å². The van der Waals surface area contributed by atoms with Crippen molar-refractivity contribution in [1.29, 1.82) is 0 Å². The van der Waals surface area contributed by atoms with E-state index in [0.29, 0.717) is 18.6 Å². The minimum Gasteiger partial charge on any atom is -0.360 e. The zero-order valence-electron chi connectivity index (χ0n) is 16.0. The number of likely N-dealkylation sites (tertiary alicyclic amines) is 1. The lowest BCUT2D eigenvalue weighted by Gasteiger charge is -2.34. The largest absolute Gasteiger partial charge is 0.360 e. The number of benzene rings is 2. The highest BCUT2D eigenvalue weighted by Crippen LogP contribution is 2.34. The SMILES string of the molecule is C=CCC(OCCN1CCCCC1)(C(=O)c1ccccc1)c1ccccc1. The Balaban J connectivity index is 1.86. The first-order valence-electron chi connectivity index (χ1n) is 9.89. The van der Waals surface area contributed by atoms with Crippen molar-refractivity contribution in [1.82, 2.24) is 4.90 Å². The molecule has 2 aromatic rings. The van der Waals surface area contributed by atoms with Crippen molar-refractivity contribution < 1.29 is 9.53 Å². The lowest BCUT2D eigenvalue weighted by molar-refractivity contribution is -0.0360. The molecule has 1 atom stereocenters. The zero-order chi connectivity index (χ0) is 19.0. The standard InChI is InChI=1S/C24H29NO2/c1-2-16-24(22-14-8-4-9-15-22,23(26)21-12-6-3-7-13-21)27-20-19-25-17-10-5-11-18-25/h2-4,6-9,12-15H,1,5,10-11,16-20H2. The average molecular weight is 364 g/mol. The van der Waals surface area contributed by atoms with Crippen LogP contribution in [-0.2, 0) is 10.3 Å². The average Bonchev–Trinajstić information content (AvgIpc) is 2.74. The second-order valence-corrected chi connectivity index (χ2v) is 7.13. The smallest absolute Gasteiger partial charge is 0.199 e. The highest BCUT2D eigenvalue weighted by atomic mass is 16.5. The van der Waals surface area contributed by atoms with Crippen LogP contribution in [-0.4, -0.2) is 36.9 Å². The Morgan fingerprint density at radius 1 is 1.00 bits per heavy atom. The molecular formula is C24H29NO2. The maximum absolute atomic E-state index is 13.6. The van der Waals surface area contributed by atoms with Gasteiger partial charge in [-0.15, -0.1) is 6.58 Å². The van der Waals surface area contributed by atoms with Crippen molar-refractivity contribution in [3.63, 3.8) is 0 Å². The third-order valence-electron chi connectivity index (χ3n) is 5.28. The fourth-order valence-corrected chi connectivity index (χ4v) is 3.81. The summed E-state index contributed by atoms with van der Waals surface area (Å²) in [5.74, 6) is -0.00663. The Bertz CT molecular complexity index is 723. The van der Waals surface area contributed by atoms with Crippen LogP contribution >= 0.6 is 0 Å². The highest BCUT2D eigenvalue weighted by Gasteiger charge is 2.40. The summed E-state index contributed by atoms with van der Waals surface area (Å²) in [6.07, 6.45) is 6.05. The fourth-order valence-electron chi connectivity index (χ4n) is 3.81. The molecule has 0 N–H and O–H groups in total. The van der Waals surface area contributed by atoms with E-state index in [-0.39, 0.29) is 5.78 Å².